The van der Waals surface area contributed by atoms with Gasteiger partial charge in [0.2, 0.25) is 0 Å². The number of H-pyrrole nitrogens is 1. The molecule has 0 aliphatic carbocycles. The molecule has 1 heterocycles. The minimum absolute atomic E-state index is 0.732. The third-order valence-electron chi connectivity index (χ3n) is 3.04. The van der Waals surface area contributed by atoms with E-state index < -0.39 is 0 Å². The maximum atomic E-state index is 5.82. The van der Waals surface area contributed by atoms with Crippen molar-refractivity contribution in [3.05, 3.63) is 54.7 Å². The van der Waals surface area contributed by atoms with Crippen molar-refractivity contribution in [2.24, 2.45) is 0 Å². The molecule has 1 aromatic heterocycles. The molecule has 0 saturated carbocycles. The minimum Gasteiger partial charge on any atom is -0.399 e. The molecule has 0 radical (unpaired) electrons. The van der Waals surface area contributed by atoms with Gasteiger partial charge < -0.3 is 11.5 Å². The summed E-state index contributed by atoms with van der Waals surface area (Å²) in [5, 5.41) is 7.16. The molecule has 0 saturated heterocycles. The van der Waals surface area contributed by atoms with Gasteiger partial charge in [0.15, 0.2) is 0 Å². The van der Waals surface area contributed by atoms with Crippen LogP contribution in [0.3, 0.4) is 0 Å². The van der Waals surface area contributed by atoms with Gasteiger partial charge in [-0.25, -0.2) is 0 Å². The highest BCUT2D eigenvalue weighted by Gasteiger charge is 2.09. The Morgan fingerprint density at radius 3 is 2.37 bits per heavy atom. The first-order valence-corrected chi connectivity index (χ1v) is 5.99. The van der Waals surface area contributed by atoms with Crippen LogP contribution in [-0.4, -0.2) is 10.2 Å². The van der Waals surface area contributed by atoms with Crippen molar-refractivity contribution >= 4 is 11.4 Å². The second-order valence-corrected chi connectivity index (χ2v) is 4.41. The molecule has 19 heavy (non-hydrogen) atoms. The Morgan fingerprint density at radius 1 is 0.842 bits per heavy atom. The molecule has 0 aliphatic rings. The highest BCUT2D eigenvalue weighted by atomic mass is 15.1. The van der Waals surface area contributed by atoms with Gasteiger partial charge in [0, 0.05) is 22.5 Å². The summed E-state index contributed by atoms with van der Waals surface area (Å²) in [6.45, 7) is 0. The van der Waals surface area contributed by atoms with Crippen molar-refractivity contribution in [1.29, 1.82) is 0 Å². The van der Waals surface area contributed by atoms with Crippen LogP contribution in [0.5, 0.6) is 0 Å². The van der Waals surface area contributed by atoms with E-state index in [2.05, 4.69) is 10.2 Å². The van der Waals surface area contributed by atoms with Gasteiger partial charge in [-0.3, -0.25) is 5.10 Å². The summed E-state index contributed by atoms with van der Waals surface area (Å²) in [5.74, 6) is 0. The van der Waals surface area contributed by atoms with E-state index >= 15 is 0 Å². The van der Waals surface area contributed by atoms with Crippen LogP contribution in [0, 0.1) is 0 Å². The van der Waals surface area contributed by atoms with Crippen molar-refractivity contribution in [1.82, 2.24) is 10.2 Å². The SMILES string of the molecule is Nc1ccc(-c2cn[nH]c2-c2cccc(N)c2)cc1. The quantitative estimate of drug-likeness (QED) is 0.612. The number of benzene rings is 2. The van der Waals surface area contributed by atoms with Gasteiger partial charge in [0.25, 0.3) is 0 Å². The Morgan fingerprint density at radius 2 is 1.63 bits per heavy atom. The molecule has 0 amide bonds. The smallest absolute Gasteiger partial charge is 0.0729 e. The van der Waals surface area contributed by atoms with E-state index in [0.29, 0.717) is 0 Å². The van der Waals surface area contributed by atoms with Crippen LogP contribution in [0.2, 0.25) is 0 Å². The number of anilines is 2. The van der Waals surface area contributed by atoms with Crippen LogP contribution in [0.15, 0.2) is 54.7 Å². The monoisotopic (exact) mass is 250 g/mol. The highest BCUT2D eigenvalue weighted by molar-refractivity contribution is 5.81. The topological polar surface area (TPSA) is 80.7 Å². The van der Waals surface area contributed by atoms with Crippen LogP contribution >= 0.6 is 0 Å². The average Bonchev–Trinajstić information content (AvgIpc) is 2.89. The summed E-state index contributed by atoms with van der Waals surface area (Å²) in [5.41, 5.74) is 17.1. The van der Waals surface area contributed by atoms with Crippen molar-refractivity contribution in [3.8, 4) is 22.4 Å². The average molecular weight is 250 g/mol. The molecule has 5 N–H and O–H groups in total. The van der Waals surface area contributed by atoms with Gasteiger partial charge in [0.1, 0.15) is 0 Å². The van der Waals surface area contributed by atoms with Crippen LogP contribution in [-0.2, 0) is 0 Å². The van der Waals surface area contributed by atoms with Gasteiger partial charge in [-0.15, -0.1) is 0 Å². The van der Waals surface area contributed by atoms with Gasteiger partial charge >= 0.3 is 0 Å². The van der Waals surface area contributed by atoms with E-state index in [9.17, 15) is 0 Å². The number of hydrogen-bond acceptors (Lipinski definition) is 3. The molecule has 0 spiro atoms. The van der Waals surface area contributed by atoms with E-state index in [1.54, 1.807) is 0 Å². The zero-order chi connectivity index (χ0) is 13.2. The summed E-state index contributed by atoms with van der Waals surface area (Å²) in [4.78, 5) is 0. The van der Waals surface area contributed by atoms with Crippen LogP contribution in [0.25, 0.3) is 22.4 Å². The summed E-state index contributed by atoms with van der Waals surface area (Å²) >= 11 is 0. The Bertz CT molecular complexity index is 698. The predicted molar refractivity (Wildman–Crippen MR) is 78.3 cm³/mol. The van der Waals surface area contributed by atoms with E-state index in [-0.39, 0.29) is 0 Å². The van der Waals surface area contributed by atoms with Gasteiger partial charge in [0.05, 0.1) is 11.9 Å². The van der Waals surface area contributed by atoms with E-state index in [0.717, 1.165) is 33.8 Å². The molecular formula is C15H14N4. The maximum Gasteiger partial charge on any atom is 0.0729 e. The fourth-order valence-corrected chi connectivity index (χ4v) is 2.08. The molecular weight excluding hydrogens is 236 g/mol. The van der Waals surface area contributed by atoms with E-state index in [1.807, 2.05) is 54.7 Å². The number of hydrogen-bond donors (Lipinski definition) is 3. The Balaban J connectivity index is 2.10. The summed E-state index contributed by atoms with van der Waals surface area (Å²) < 4.78 is 0. The molecule has 0 fully saturated rings. The third kappa shape index (κ3) is 2.15. The molecule has 4 nitrogen and oxygen atoms in total. The molecule has 0 atom stereocenters. The lowest BCUT2D eigenvalue weighted by Crippen LogP contribution is -1.88. The molecule has 2 aromatic carbocycles. The number of nitrogens with zero attached hydrogens (tertiary/aromatic N) is 1. The molecule has 4 heteroatoms. The standard InChI is InChI=1S/C15H14N4/c16-12-6-4-10(5-7-12)14-9-18-19-15(14)11-2-1-3-13(17)8-11/h1-9H,16-17H2,(H,18,19). The van der Waals surface area contributed by atoms with Crippen LogP contribution in [0.1, 0.15) is 0 Å². The normalized spacial score (nSPS) is 10.5. The third-order valence-corrected chi connectivity index (χ3v) is 3.04. The molecule has 0 bridgehead atoms. The zero-order valence-electron chi connectivity index (χ0n) is 10.3. The summed E-state index contributed by atoms with van der Waals surface area (Å²) in [6, 6.07) is 15.4. The first kappa shape index (κ1) is 11.3. The Labute approximate surface area is 111 Å². The molecule has 0 unspecified atom stereocenters. The van der Waals surface area contributed by atoms with Crippen LogP contribution < -0.4 is 11.5 Å². The highest BCUT2D eigenvalue weighted by Crippen LogP contribution is 2.31. The van der Waals surface area contributed by atoms with E-state index in [1.165, 1.54) is 0 Å². The maximum absolute atomic E-state index is 5.82. The summed E-state index contributed by atoms with van der Waals surface area (Å²) in [7, 11) is 0. The fourth-order valence-electron chi connectivity index (χ4n) is 2.08. The largest absolute Gasteiger partial charge is 0.399 e. The van der Waals surface area contributed by atoms with E-state index in [4.69, 9.17) is 11.5 Å². The number of rotatable bonds is 2. The lowest BCUT2D eigenvalue weighted by molar-refractivity contribution is 1.10. The van der Waals surface area contributed by atoms with Gasteiger partial charge in [-0.1, -0.05) is 24.3 Å². The van der Waals surface area contributed by atoms with Gasteiger partial charge in [-0.05, 0) is 29.8 Å². The summed E-state index contributed by atoms with van der Waals surface area (Å²) in [6.07, 6.45) is 1.81. The molecule has 3 rings (SSSR count). The number of aromatic nitrogens is 2. The lowest BCUT2D eigenvalue weighted by atomic mass is 10.0. The van der Waals surface area contributed by atoms with Crippen molar-refractivity contribution in [2.75, 3.05) is 11.5 Å². The first-order valence-electron chi connectivity index (χ1n) is 5.99. The fraction of sp³-hybridized carbons (Fsp3) is 0. The van der Waals surface area contributed by atoms with Crippen molar-refractivity contribution in [3.63, 3.8) is 0 Å². The first-order chi connectivity index (χ1) is 9.24. The van der Waals surface area contributed by atoms with Gasteiger partial charge in [-0.2, -0.15) is 5.10 Å². The lowest BCUT2D eigenvalue weighted by Gasteiger charge is -2.05. The minimum atomic E-state index is 0.732. The molecule has 0 aliphatic heterocycles. The molecule has 94 valence electrons. The number of nitrogens with one attached hydrogen (secondary N) is 1. The van der Waals surface area contributed by atoms with Crippen molar-refractivity contribution < 1.29 is 0 Å². The number of nitrogens with two attached hydrogens (primary N) is 2. The Hall–Kier alpha value is -2.75. The second kappa shape index (κ2) is 4.49. The second-order valence-electron chi connectivity index (χ2n) is 4.41. The number of nitrogen functional groups attached to an aromatic ring is 2. The Kier molecular flexibility index (Phi) is 2.68. The molecule has 3 aromatic rings. The zero-order valence-corrected chi connectivity index (χ0v) is 10.3. The van der Waals surface area contributed by atoms with Crippen molar-refractivity contribution in [2.45, 2.75) is 0 Å². The van der Waals surface area contributed by atoms with Crippen LogP contribution in [0.4, 0.5) is 11.4 Å². The number of aromatic amines is 1. The predicted octanol–water partition coefficient (Wildman–Crippen LogP) is 2.91.